The summed E-state index contributed by atoms with van der Waals surface area (Å²) in [4.78, 5) is 12.3. The van der Waals surface area contributed by atoms with Crippen molar-refractivity contribution >= 4 is 5.95 Å². The van der Waals surface area contributed by atoms with Gasteiger partial charge in [0.1, 0.15) is 0 Å². The average molecular weight is 242 g/mol. The Kier molecular flexibility index (Phi) is 2.59. The third-order valence-corrected chi connectivity index (χ3v) is 3.17. The Balaban J connectivity index is 2.06. The monoisotopic (exact) mass is 242 g/mol. The number of methoxy groups -OCH3 is 1. The van der Waals surface area contributed by atoms with E-state index in [0.29, 0.717) is 5.82 Å². The Morgan fingerprint density at radius 1 is 1.11 bits per heavy atom. The summed E-state index contributed by atoms with van der Waals surface area (Å²) < 4.78 is 5.01. The van der Waals surface area contributed by atoms with Gasteiger partial charge in [-0.05, 0) is 36.5 Å². The highest BCUT2D eigenvalue weighted by atomic mass is 16.5. The van der Waals surface area contributed by atoms with E-state index in [1.54, 1.807) is 0 Å². The molecule has 1 aliphatic carbocycles. The van der Waals surface area contributed by atoms with Crippen molar-refractivity contribution in [3.8, 4) is 17.4 Å². The van der Waals surface area contributed by atoms with Gasteiger partial charge in [0.15, 0.2) is 5.82 Å². The van der Waals surface area contributed by atoms with E-state index in [4.69, 9.17) is 10.5 Å². The summed E-state index contributed by atoms with van der Waals surface area (Å²) in [6.45, 7) is 0. The molecule has 2 aromatic rings. The number of nitrogens with two attached hydrogens (primary N) is 1. The van der Waals surface area contributed by atoms with Crippen molar-refractivity contribution < 1.29 is 4.74 Å². The van der Waals surface area contributed by atoms with Crippen LogP contribution in [-0.4, -0.2) is 22.1 Å². The van der Waals surface area contributed by atoms with Crippen LogP contribution in [0.1, 0.15) is 17.5 Å². The van der Waals surface area contributed by atoms with Gasteiger partial charge in [0.25, 0.3) is 0 Å². The van der Waals surface area contributed by atoms with Crippen LogP contribution in [0.3, 0.4) is 0 Å². The number of benzene rings is 1. The van der Waals surface area contributed by atoms with Gasteiger partial charge in [-0.3, -0.25) is 0 Å². The lowest BCUT2D eigenvalue weighted by Gasteiger charge is -2.05. The molecule has 0 spiro atoms. The van der Waals surface area contributed by atoms with E-state index in [-0.39, 0.29) is 12.0 Å². The Labute approximate surface area is 105 Å². The van der Waals surface area contributed by atoms with Crippen LogP contribution in [0.25, 0.3) is 11.4 Å². The summed E-state index contributed by atoms with van der Waals surface area (Å²) in [5, 5.41) is 0. The lowest BCUT2D eigenvalue weighted by molar-refractivity contribution is 0.379. The van der Waals surface area contributed by atoms with Crippen LogP contribution in [0.5, 0.6) is 6.01 Å². The van der Waals surface area contributed by atoms with Gasteiger partial charge in [-0.25, -0.2) is 0 Å². The largest absolute Gasteiger partial charge is 0.467 e. The molecule has 3 rings (SSSR count). The molecule has 0 fully saturated rings. The molecule has 5 heteroatoms. The normalized spacial score (nSPS) is 13.4. The molecule has 2 N–H and O–H groups in total. The van der Waals surface area contributed by atoms with Gasteiger partial charge in [-0.1, -0.05) is 12.1 Å². The summed E-state index contributed by atoms with van der Waals surface area (Å²) in [6, 6.07) is 6.55. The first kappa shape index (κ1) is 11.0. The van der Waals surface area contributed by atoms with Crippen molar-refractivity contribution in [2.45, 2.75) is 19.3 Å². The molecule has 0 saturated carbocycles. The molecule has 1 heterocycles. The fourth-order valence-electron chi connectivity index (χ4n) is 2.30. The number of aryl methyl sites for hydroxylation is 2. The first-order chi connectivity index (χ1) is 8.76. The van der Waals surface area contributed by atoms with Crippen LogP contribution >= 0.6 is 0 Å². The van der Waals surface area contributed by atoms with Gasteiger partial charge in [-0.2, -0.15) is 15.0 Å². The summed E-state index contributed by atoms with van der Waals surface area (Å²) in [5.41, 5.74) is 9.41. The van der Waals surface area contributed by atoms with Crippen LogP contribution in [0.4, 0.5) is 5.95 Å². The molecule has 0 saturated heterocycles. The number of rotatable bonds is 2. The minimum absolute atomic E-state index is 0.178. The standard InChI is InChI=1S/C13H14N4O/c1-18-13-16-11(15-12(14)17-13)10-6-5-8-3-2-4-9(8)7-10/h5-7H,2-4H2,1H3,(H2,14,15,16,17). The SMILES string of the molecule is COc1nc(N)nc(-c2ccc3c(c2)CCC3)n1. The minimum atomic E-state index is 0.178. The van der Waals surface area contributed by atoms with Crippen LogP contribution in [0.2, 0.25) is 0 Å². The quantitative estimate of drug-likeness (QED) is 0.866. The van der Waals surface area contributed by atoms with Crippen molar-refractivity contribution in [2.75, 3.05) is 12.8 Å². The zero-order valence-electron chi connectivity index (χ0n) is 10.2. The fourth-order valence-corrected chi connectivity index (χ4v) is 2.30. The minimum Gasteiger partial charge on any atom is -0.467 e. The molecule has 18 heavy (non-hydrogen) atoms. The predicted octanol–water partition coefficient (Wildman–Crippen LogP) is 1.62. The summed E-state index contributed by atoms with van der Waals surface area (Å²) in [6.07, 6.45) is 3.51. The van der Waals surface area contributed by atoms with Gasteiger partial charge < -0.3 is 10.5 Å². The molecular formula is C13H14N4O. The molecule has 92 valence electrons. The zero-order valence-corrected chi connectivity index (χ0v) is 10.2. The molecule has 1 aromatic heterocycles. The van der Waals surface area contributed by atoms with E-state index < -0.39 is 0 Å². The number of hydrogen-bond acceptors (Lipinski definition) is 5. The van der Waals surface area contributed by atoms with Gasteiger partial charge >= 0.3 is 6.01 Å². The number of hydrogen-bond donors (Lipinski definition) is 1. The summed E-state index contributed by atoms with van der Waals surface area (Å²) >= 11 is 0. The molecule has 1 aliphatic rings. The van der Waals surface area contributed by atoms with Crippen LogP contribution in [-0.2, 0) is 12.8 Å². The van der Waals surface area contributed by atoms with Crippen molar-refractivity contribution in [1.82, 2.24) is 15.0 Å². The highest BCUT2D eigenvalue weighted by Crippen LogP contribution is 2.27. The maximum atomic E-state index is 5.64. The van der Waals surface area contributed by atoms with E-state index in [1.165, 1.54) is 24.7 Å². The molecule has 0 atom stereocenters. The Bertz CT molecular complexity index is 598. The average Bonchev–Trinajstić information content (AvgIpc) is 2.85. The first-order valence-corrected chi connectivity index (χ1v) is 5.94. The number of ether oxygens (including phenoxy) is 1. The topological polar surface area (TPSA) is 73.9 Å². The number of aromatic nitrogens is 3. The molecule has 1 aromatic carbocycles. The van der Waals surface area contributed by atoms with Gasteiger partial charge in [0.05, 0.1) is 7.11 Å². The van der Waals surface area contributed by atoms with Crippen LogP contribution < -0.4 is 10.5 Å². The van der Waals surface area contributed by atoms with Crippen molar-refractivity contribution in [3.05, 3.63) is 29.3 Å². The maximum Gasteiger partial charge on any atom is 0.321 e. The number of nitrogens with zero attached hydrogens (tertiary/aromatic N) is 3. The van der Waals surface area contributed by atoms with E-state index in [1.807, 2.05) is 6.07 Å². The van der Waals surface area contributed by atoms with Crippen molar-refractivity contribution in [2.24, 2.45) is 0 Å². The molecule has 0 bridgehead atoms. The molecule has 5 nitrogen and oxygen atoms in total. The lowest BCUT2D eigenvalue weighted by Crippen LogP contribution is -2.02. The second-order valence-electron chi connectivity index (χ2n) is 4.34. The van der Waals surface area contributed by atoms with E-state index in [2.05, 4.69) is 27.1 Å². The highest BCUT2D eigenvalue weighted by Gasteiger charge is 2.13. The number of fused-ring (bicyclic) bond motifs is 1. The lowest BCUT2D eigenvalue weighted by atomic mass is 10.1. The van der Waals surface area contributed by atoms with Crippen molar-refractivity contribution in [1.29, 1.82) is 0 Å². The summed E-state index contributed by atoms with van der Waals surface area (Å²) in [5.74, 6) is 0.742. The smallest absolute Gasteiger partial charge is 0.321 e. The second kappa shape index (κ2) is 4.25. The third kappa shape index (κ3) is 1.88. The van der Waals surface area contributed by atoms with Crippen molar-refractivity contribution in [3.63, 3.8) is 0 Å². The number of anilines is 1. The zero-order chi connectivity index (χ0) is 12.5. The fraction of sp³-hybridized carbons (Fsp3) is 0.308. The number of nitrogen functional groups attached to an aromatic ring is 1. The highest BCUT2D eigenvalue weighted by molar-refractivity contribution is 5.59. The van der Waals surface area contributed by atoms with Gasteiger partial charge in [-0.15, -0.1) is 0 Å². The molecule has 0 amide bonds. The first-order valence-electron chi connectivity index (χ1n) is 5.94. The maximum absolute atomic E-state index is 5.64. The van der Waals surface area contributed by atoms with Crippen LogP contribution in [0, 0.1) is 0 Å². The van der Waals surface area contributed by atoms with E-state index >= 15 is 0 Å². The molecule has 0 radical (unpaired) electrons. The summed E-state index contributed by atoms with van der Waals surface area (Å²) in [7, 11) is 1.52. The molecule has 0 unspecified atom stereocenters. The van der Waals surface area contributed by atoms with Crippen LogP contribution in [0.15, 0.2) is 18.2 Å². The molecule has 0 aliphatic heterocycles. The van der Waals surface area contributed by atoms with E-state index in [9.17, 15) is 0 Å². The van der Waals surface area contributed by atoms with E-state index in [0.717, 1.165) is 18.4 Å². The Morgan fingerprint density at radius 2 is 1.94 bits per heavy atom. The molecular weight excluding hydrogens is 228 g/mol. The van der Waals surface area contributed by atoms with Gasteiger partial charge in [0, 0.05) is 5.56 Å². The second-order valence-corrected chi connectivity index (χ2v) is 4.34. The van der Waals surface area contributed by atoms with Gasteiger partial charge in [0.2, 0.25) is 5.95 Å². The Hall–Kier alpha value is -2.17. The third-order valence-electron chi connectivity index (χ3n) is 3.17. The predicted molar refractivity (Wildman–Crippen MR) is 68.3 cm³/mol. The Morgan fingerprint density at radius 3 is 2.78 bits per heavy atom.